The topological polar surface area (TPSA) is 84.2 Å². The summed E-state index contributed by atoms with van der Waals surface area (Å²) in [6.45, 7) is 0.551. The van der Waals surface area contributed by atoms with E-state index in [9.17, 15) is 9.59 Å². The minimum atomic E-state index is -0.896. The van der Waals surface area contributed by atoms with E-state index in [2.05, 4.69) is 10.4 Å². The molecule has 1 aromatic heterocycles. The number of benzene rings is 1. The number of nitrogens with zero attached hydrogens (tertiary/aromatic N) is 2. The molecule has 0 aliphatic heterocycles. The lowest BCUT2D eigenvalue weighted by molar-refractivity contribution is -0.137. The molecule has 6 nitrogen and oxygen atoms in total. The third-order valence-electron chi connectivity index (χ3n) is 2.95. The van der Waals surface area contributed by atoms with E-state index >= 15 is 0 Å². The van der Waals surface area contributed by atoms with Crippen molar-refractivity contribution < 1.29 is 14.7 Å². The van der Waals surface area contributed by atoms with Crippen molar-refractivity contribution in [1.82, 2.24) is 9.78 Å². The highest BCUT2D eigenvalue weighted by molar-refractivity contribution is 6.30. The van der Waals surface area contributed by atoms with Crippen LogP contribution in [0.5, 0.6) is 0 Å². The number of hydrogen-bond acceptors (Lipinski definition) is 3. The molecule has 2 rings (SSSR count). The summed E-state index contributed by atoms with van der Waals surface area (Å²) in [6.07, 6.45) is 3.79. The maximum atomic E-state index is 11.7. The van der Waals surface area contributed by atoms with Crippen LogP contribution in [0.1, 0.15) is 24.8 Å². The monoisotopic (exact) mass is 321 g/mol. The van der Waals surface area contributed by atoms with Crippen LogP contribution in [-0.2, 0) is 16.1 Å². The fraction of sp³-hybridized carbons (Fsp3) is 0.267. The van der Waals surface area contributed by atoms with Gasteiger partial charge in [-0.15, -0.1) is 0 Å². The Morgan fingerprint density at radius 2 is 2.14 bits per heavy atom. The minimum absolute atomic E-state index is 0.00643. The van der Waals surface area contributed by atoms with Crippen molar-refractivity contribution in [3.63, 3.8) is 0 Å². The van der Waals surface area contributed by atoms with Crippen LogP contribution in [0.25, 0.3) is 0 Å². The SMILES string of the molecule is O=C(O)CCCC(=O)Nc1cccc(Cn2cc(Cl)cn2)c1. The highest BCUT2D eigenvalue weighted by Gasteiger charge is 2.05. The molecule has 0 unspecified atom stereocenters. The maximum absolute atomic E-state index is 11.7. The zero-order chi connectivity index (χ0) is 15.9. The van der Waals surface area contributed by atoms with Crippen LogP contribution in [0.2, 0.25) is 5.02 Å². The van der Waals surface area contributed by atoms with Gasteiger partial charge in [0, 0.05) is 24.7 Å². The average Bonchev–Trinajstić information content (AvgIpc) is 2.84. The van der Waals surface area contributed by atoms with Gasteiger partial charge in [-0.05, 0) is 24.1 Å². The van der Waals surface area contributed by atoms with Crippen molar-refractivity contribution in [3.8, 4) is 0 Å². The molecule has 0 aliphatic rings. The summed E-state index contributed by atoms with van der Waals surface area (Å²) in [5.74, 6) is -1.09. The van der Waals surface area contributed by atoms with Gasteiger partial charge in [-0.2, -0.15) is 5.10 Å². The molecule has 116 valence electrons. The smallest absolute Gasteiger partial charge is 0.303 e. The van der Waals surface area contributed by atoms with Crippen molar-refractivity contribution in [2.45, 2.75) is 25.8 Å². The summed E-state index contributed by atoms with van der Waals surface area (Å²) in [5, 5.41) is 16.0. The van der Waals surface area contributed by atoms with Crippen LogP contribution in [0.15, 0.2) is 36.7 Å². The molecular formula is C15H16ClN3O3. The largest absolute Gasteiger partial charge is 0.481 e. The molecule has 2 N–H and O–H groups in total. The number of nitrogens with one attached hydrogen (secondary N) is 1. The molecule has 0 atom stereocenters. The number of carboxylic acid groups (broad SMARTS) is 1. The van der Waals surface area contributed by atoms with Crippen molar-refractivity contribution in [1.29, 1.82) is 0 Å². The predicted octanol–water partition coefficient (Wildman–Crippen LogP) is 2.78. The lowest BCUT2D eigenvalue weighted by Gasteiger charge is -2.07. The van der Waals surface area contributed by atoms with Gasteiger partial charge in [-0.25, -0.2) is 0 Å². The fourth-order valence-electron chi connectivity index (χ4n) is 1.98. The Morgan fingerprint density at radius 1 is 1.32 bits per heavy atom. The van der Waals surface area contributed by atoms with Crippen LogP contribution >= 0.6 is 11.6 Å². The molecule has 0 aliphatic carbocycles. The normalized spacial score (nSPS) is 10.4. The molecule has 7 heteroatoms. The summed E-state index contributed by atoms with van der Waals surface area (Å²) in [7, 11) is 0. The first-order chi connectivity index (χ1) is 10.5. The molecule has 0 spiro atoms. The lowest BCUT2D eigenvalue weighted by atomic mass is 10.2. The lowest BCUT2D eigenvalue weighted by Crippen LogP contribution is -2.12. The molecular weight excluding hydrogens is 306 g/mol. The maximum Gasteiger partial charge on any atom is 0.303 e. The summed E-state index contributed by atoms with van der Waals surface area (Å²) in [6, 6.07) is 7.41. The molecule has 1 amide bonds. The number of hydrogen-bond donors (Lipinski definition) is 2. The Labute approximate surface area is 132 Å². The first-order valence-corrected chi connectivity index (χ1v) is 7.19. The average molecular weight is 322 g/mol. The van der Waals surface area contributed by atoms with Gasteiger partial charge in [-0.3, -0.25) is 14.3 Å². The number of amides is 1. The molecule has 0 saturated carbocycles. The van der Waals surface area contributed by atoms with Crippen molar-refractivity contribution in [2.75, 3.05) is 5.32 Å². The third kappa shape index (κ3) is 5.21. The Balaban J connectivity index is 1.90. The van der Waals surface area contributed by atoms with Gasteiger partial charge >= 0.3 is 5.97 Å². The molecule has 0 fully saturated rings. The number of aromatic nitrogens is 2. The molecule has 1 aromatic carbocycles. The van der Waals surface area contributed by atoms with E-state index in [0.717, 1.165) is 5.56 Å². The van der Waals surface area contributed by atoms with E-state index in [-0.39, 0.29) is 18.7 Å². The Kier molecular flexibility index (Phi) is 5.55. The van der Waals surface area contributed by atoms with Gasteiger partial charge in [0.1, 0.15) is 0 Å². The van der Waals surface area contributed by atoms with Crippen molar-refractivity contribution in [2.24, 2.45) is 0 Å². The Bertz CT molecular complexity index is 670. The van der Waals surface area contributed by atoms with E-state index in [1.807, 2.05) is 18.2 Å². The van der Waals surface area contributed by atoms with Crippen LogP contribution in [0, 0.1) is 0 Å². The van der Waals surface area contributed by atoms with E-state index in [1.54, 1.807) is 23.1 Å². The number of anilines is 1. The van der Waals surface area contributed by atoms with Gasteiger partial charge in [0.05, 0.1) is 17.8 Å². The van der Waals surface area contributed by atoms with Gasteiger partial charge in [0.25, 0.3) is 0 Å². The first kappa shape index (κ1) is 16.0. The second kappa shape index (κ2) is 7.61. The summed E-state index contributed by atoms with van der Waals surface area (Å²) in [5.41, 5.74) is 1.65. The predicted molar refractivity (Wildman–Crippen MR) is 82.9 cm³/mol. The zero-order valence-electron chi connectivity index (χ0n) is 11.8. The van der Waals surface area contributed by atoms with Crippen LogP contribution < -0.4 is 5.32 Å². The second-order valence-electron chi connectivity index (χ2n) is 4.85. The number of aliphatic carboxylic acids is 1. The molecule has 0 radical (unpaired) electrons. The molecule has 2 aromatic rings. The number of rotatable bonds is 7. The van der Waals surface area contributed by atoms with E-state index in [0.29, 0.717) is 23.7 Å². The highest BCUT2D eigenvalue weighted by atomic mass is 35.5. The third-order valence-corrected chi connectivity index (χ3v) is 3.15. The number of carboxylic acids is 1. The molecule has 0 bridgehead atoms. The van der Waals surface area contributed by atoms with Crippen molar-refractivity contribution >= 4 is 29.2 Å². The van der Waals surface area contributed by atoms with Crippen molar-refractivity contribution in [3.05, 3.63) is 47.2 Å². The Morgan fingerprint density at radius 3 is 2.82 bits per heavy atom. The van der Waals surface area contributed by atoms with E-state index < -0.39 is 5.97 Å². The summed E-state index contributed by atoms with van der Waals surface area (Å²) >= 11 is 5.82. The Hall–Kier alpha value is -2.34. The fourth-order valence-corrected chi connectivity index (χ4v) is 2.14. The van der Waals surface area contributed by atoms with Gasteiger partial charge in [-0.1, -0.05) is 23.7 Å². The summed E-state index contributed by atoms with van der Waals surface area (Å²) in [4.78, 5) is 22.1. The molecule has 22 heavy (non-hydrogen) atoms. The summed E-state index contributed by atoms with van der Waals surface area (Å²) < 4.78 is 1.70. The number of carbonyl (C=O) groups is 2. The quantitative estimate of drug-likeness (QED) is 0.821. The van der Waals surface area contributed by atoms with Gasteiger partial charge in [0.15, 0.2) is 0 Å². The molecule has 1 heterocycles. The van der Waals surface area contributed by atoms with Crippen LogP contribution in [0.4, 0.5) is 5.69 Å². The molecule has 0 saturated heterocycles. The highest BCUT2D eigenvalue weighted by Crippen LogP contribution is 2.14. The van der Waals surface area contributed by atoms with E-state index in [1.165, 1.54) is 0 Å². The van der Waals surface area contributed by atoms with Gasteiger partial charge < -0.3 is 10.4 Å². The van der Waals surface area contributed by atoms with Crippen LogP contribution in [0.3, 0.4) is 0 Å². The number of halogens is 1. The minimum Gasteiger partial charge on any atom is -0.481 e. The zero-order valence-corrected chi connectivity index (χ0v) is 12.6. The second-order valence-corrected chi connectivity index (χ2v) is 5.29. The van der Waals surface area contributed by atoms with Crippen LogP contribution in [-0.4, -0.2) is 26.8 Å². The first-order valence-electron chi connectivity index (χ1n) is 6.81. The number of carbonyl (C=O) groups excluding carboxylic acids is 1. The van der Waals surface area contributed by atoms with E-state index in [4.69, 9.17) is 16.7 Å². The standard InChI is InChI=1S/C15H16ClN3O3/c16-12-8-17-19(10-12)9-11-3-1-4-13(7-11)18-14(20)5-2-6-15(21)22/h1,3-4,7-8,10H,2,5-6,9H2,(H,18,20)(H,21,22). The van der Waals surface area contributed by atoms with Gasteiger partial charge in [0.2, 0.25) is 5.91 Å².